The highest BCUT2D eigenvalue weighted by Crippen LogP contribution is 2.24. The molecule has 1 heterocycles. The van der Waals surface area contributed by atoms with Crippen LogP contribution in [0.4, 0.5) is 0 Å². The van der Waals surface area contributed by atoms with Gasteiger partial charge in [0.15, 0.2) is 0 Å². The van der Waals surface area contributed by atoms with Gasteiger partial charge in [0.1, 0.15) is 12.2 Å². The Morgan fingerprint density at radius 2 is 2.15 bits per heavy atom. The highest BCUT2D eigenvalue weighted by Gasteiger charge is 2.30. The van der Waals surface area contributed by atoms with Gasteiger partial charge in [-0.25, -0.2) is 4.98 Å². The topological polar surface area (TPSA) is 92.4 Å². The first-order chi connectivity index (χ1) is 9.61. The molecule has 108 valence electrons. The fourth-order valence-electron chi connectivity index (χ4n) is 2.39. The second kappa shape index (κ2) is 6.31. The van der Waals surface area contributed by atoms with Crippen molar-refractivity contribution >= 4 is 11.9 Å². The number of carbonyl (C=O) groups excluding carboxylic acids is 2. The Bertz CT molecular complexity index is 528. The van der Waals surface area contributed by atoms with Crippen molar-refractivity contribution in [3.8, 4) is 0 Å². The summed E-state index contributed by atoms with van der Waals surface area (Å²) >= 11 is 0. The van der Waals surface area contributed by atoms with E-state index in [2.05, 4.69) is 14.7 Å². The zero-order valence-corrected chi connectivity index (χ0v) is 11.3. The van der Waals surface area contributed by atoms with E-state index in [1.165, 1.54) is 18.2 Å². The number of ether oxygens (including phenoxy) is 1. The summed E-state index contributed by atoms with van der Waals surface area (Å²) in [6.07, 6.45) is 6.13. The summed E-state index contributed by atoms with van der Waals surface area (Å²) in [5, 5.41) is 0. The van der Waals surface area contributed by atoms with Crippen LogP contribution in [0.5, 0.6) is 0 Å². The van der Waals surface area contributed by atoms with Crippen molar-refractivity contribution in [2.24, 2.45) is 0 Å². The lowest BCUT2D eigenvalue weighted by Crippen LogP contribution is -2.43. The van der Waals surface area contributed by atoms with Crippen molar-refractivity contribution in [2.75, 3.05) is 13.7 Å². The van der Waals surface area contributed by atoms with E-state index in [1.54, 1.807) is 0 Å². The van der Waals surface area contributed by atoms with Crippen LogP contribution in [0.25, 0.3) is 0 Å². The second-order valence-corrected chi connectivity index (χ2v) is 4.74. The molecule has 1 aromatic heterocycles. The van der Waals surface area contributed by atoms with Crippen molar-refractivity contribution in [1.82, 2.24) is 14.9 Å². The van der Waals surface area contributed by atoms with Crippen molar-refractivity contribution in [3.05, 3.63) is 28.4 Å². The molecule has 0 spiro atoms. The summed E-state index contributed by atoms with van der Waals surface area (Å²) in [4.78, 5) is 42.6. The fourth-order valence-corrected chi connectivity index (χ4v) is 2.39. The van der Waals surface area contributed by atoms with Crippen LogP contribution >= 0.6 is 0 Å². The third-order valence-corrected chi connectivity index (χ3v) is 3.44. The number of nitrogens with one attached hydrogen (secondary N) is 1. The summed E-state index contributed by atoms with van der Waals surface area (Å²) in [6.45, 7) is -0.0964. The molecule has 1 fully saturated rings. The van der Waals surface area contributed by atoms with E-state index < -0.39 is 5.97 Å². The van der Waals surface area contributed by atoms with Gasteiger partial charge in [0.25, 0.3) is 11.5 Å². The lowest BCUT2D eigenvalue weighted by molar-refractivity contribution is -0.141. The normalized spacial score (nSPS) is 15.1. The summed E-state index contributed by atoms with van der Waals surface area (Å²) in [5.41, 5.74) is -0.248. The minimum absolute atomic E-state index is 0.0235. The Labute approximate surface area is 116 Å². The number of rotatable bonds is 4. The lowest BCUT2D eigenvalue weighted by atomic mass is 10.2. The fraction of sp³-hybridized carbons (Fsp3) is 0.538. The number of H-pyrrole nitrogens is 1. The molecule has 0 aliphatic heterocycles. The second-order valence-electron chi connectivity index (χ2n) is 4.74. The Morgan fingerprint density at radius 3 is 2.70 bits per heavy atom. The Balaban J connectivity index is 2.20. The Kier molecular flexibility index (Phi) is 4.49. The third kappa shape index (κ3) is 3.23. The van der Waals surface area contributed by atoms with Crippen LogP contribution < -0.4 is 5.56 Å². The van der Waals surface area contributed by atoms with Crippen molar-refractivity contribution in [1.29, 1.82) is 0 Å². The number of nitrogens with zero attached hydrogens (tertiary/aromatic N) is 2. The van der Waals surface area contributed by atoms with Gasteiger partial charge in [0.2, 0.25) is 0 Å². The average Bonchev–Trinajstić information content (AvgIpc) is 2.98. The van der Waals surface area contributed by atoms with E-state index >= 15 is 0 Å². The molecule has 1 N–H and O–H groups in total. The summed E-state index contributed by atoms with van der Waals surface area (Å²) in [5.74, 6) is -0.826. The van der Waals surface area contributed by atoms with Crippen molar-refractivity contribution in [3.63, 3.8) is 0 Å². The van der Waals surface area contributed by atoms with Crippen LogP contribution in [0.1, 0.15) is 36.2 Å². The maximum absolute atomic E-state index is 12.4. The lowest BCUT2D eigenvalue weighted by Gasteiger charge is -2.27. The standard InChI is InChI=1S/C13H17N3O4/c1-20-12(18)8-16(9-4-2-3-5-9)13(19)10-6-15-11(17)7-14-10/h6-7,9H,2-5,8H2,1H3,(H,15,17). The molecule has 1 aliphatic rings. The Morgan fingerprint density at radius 1 is 1.45 bits per heavy atom. The molecule has 20 heavy (non-hydrogen) atoms. The van der Waals surface area contributed by atoms with Crippen molar-refractivity contribution in [2.45, 2.75) is 31.7 Å². The maximum atomic E-state index is 12.4. The molecule has 1 saturated carbocycles. The summed E-state index contributed by atoms with van der Waals surface area (Å²) in [6, 6.07) is 0.0235. The molecule has 0 aromatic carbocycles. The molecule has 0 atom stereocenters. The van der Waals surface area contributed by atoms with Crippen LogP contribution in [0, 0.1) is 0 Å². The van der Waals surface area contributed by atoms with E-state index in [-0.39, 0.29) is 29.7 Å². The quantitative estimate of drug-likeness (QED) is 0.802. The summed E-state index contributed by atoms with van der Waals surface area (Å²) in [7, 11) is 1.29. The number of hydrogen-bond donors (Lipinski definition) is 1. The van der Waals surface area contributed by atoms with Crippen LogP contribution in [0.2, 0.25) is 0 Å². The first-order valence-corrected chi connectivity index (χ1v) is 6.54. The van der Waals surface area contributed by atoms with Gasteiger partial charge in [-0.2, -0.15) is 0 Å². The van der Waals surface area contributed by atoms with E-state index in [0.717, 1.165) is 31.9 Å². The SMILES string of the molecule is COC(=O)CN(C(=O)c1c[nH]c(=O)cn1)C1CCCC1. The molecule has 1 amide bonds. The van der Waals surface area contributed by atoms with Crippen LogP contribution in [0.3, 0.4) is 0 Å². The van der Waals surface area contributed by atoms with E-state index in [4.69, 9.17) is 0 Å². The summed E-state index contributed by atoms with van der Waals surface area (Å²) < 4.78 is 4.63. The van der Waals surface area contributed by atoms with Gasteiger partial charge in [0, 0.05) is 12.2 Å². The van der Waals surface area contributed by atoms with Crippen LogP contribution in [0.15, 0.2) is 17.2 Å². The minimum atomic E-state index is -0.463. The molecule has 0 radical (unpaired) electrons. The number of esters is 1. The van der Waals surface area contributed by atoms with Gasteiger partial charge >= 0.3 is 5.97 Å². The number of methoxy groups -OCH3 is 1. The van der Waals surface area contributed by atoms with Crippen LogP contribution in [-0.4, -0.2) is 46.4 Å². The van der Waals surface area contributed by atoms with Gasteiger partial charge in [-0.05, 0) is 12.8 Å². The predicted molar refractivity (Wildman–Crippen MR) is 70.2 cm³/mol. The number of aromatic amines is 1. The molecule has 7 heteroatoms. The maximum Gasteiger partial charge on any atom is 0.325 e. The number of hydrogen-bond acceptors (Lipinski definition) is 5. The van der Waals surface area contributed by atoms with Gasteiger partial charge in [-0.15, -0.1) is 0 Å². The highest BCUT2D eigenvalue weighted by atomic mass is 16.5. The molecule has 0 unspecified atom stereocenters. The molecule has 1 aromatic rings. The van der Waals surface area contributed by atoms with Gasteiger partial charge < -0.3 is 14.6 Å². The molecular weight excluding hydrogens is 262 g/mol. The predicted octanol–water partition coefficient (Wildman–Crippen LogP) is 0.328. The first kappa shape index (κ1) is 14.2. The minimum Gasteiger partial charge on any atom is -0.468 e. The first-order valence-electron chi connectivity index (χ1n) is 6.54. The van der Waals surface area contributed by atoms with Gasteiger partial charge in [0.05, 0.1) is 13.3 Å². The average molecular weight is 279 g/mol. The molecule has 2 rings (SSSR count). The Hall–Kier alpha value is -2.18. The van der Waals surface area contributed by atoms with Crippen molar-refractivity contribution < 1.29 is 14.3 Å². The third-order valence-electron chi connectivity index (χ3n) is 3.44. The highest BCUT2D eigenvalue weighted by molar-refractivity contribution is 5.94. The zero-order chi connectivity index (χ0) is 14.5. The van der Waals surface area contributed by atoms with E-state index in [9.17, 15) is 14.4 Å². The van der Waals surface area contributed by atoms with Crippen LogP contribution in [-0.2, 0) is 9.53 Å². The number of aromatic nitrogens is 2. The van der Waals surface area contributed by atoms with E-state index in [0.29, 0.717) is 0 Å². The molecule has 7 nitrogen and oxygen atoms in total. The van der Waals surface area contributed by atoms with Gasteiger partial charge in [-0.1, -0.05) is 12.8 Å². The number of amides is 1. The van der Waals surface area contributed by atoms with E-state index in [1.807, 2.05) is 0 Å². The largest absolute Gasteiger partial charge is 0.468 e. The smallest absolute Gasteiger partial charge is 0.325 e. The zero-order valence-electron chi connectivity index (χ0n) is 11.3. The molecular formula is C13H17N3O4. The molecule has 0 bridgehead atoms. The molecule has 1 aliphatic carbocycles. The monoisotopic (exact) mass is 279 g/mol. The molecule has 0 saturated heterocycles. The van der Waals surface area contributed by atoms with Gasteiger partial charge in [-0.3, -0.25) is 14.4 Å². The number of carbonyl (C=O) groups is 2.